The Bertz CT molecular complexity index is 855. The number of aryl methyl sites for hydroxylation is 1. The fraction of sp³-hybridized carbons (Fsp3) is 0.0556. The van der Waals surface area contributed by atoms with Crippen LogP contribution in [-0.2, 0) is 0 Å². The highest BCUT2D eigenvalue weighted by molar-refractivity contribution is 9.10. The second-order valence-electron chi connectivity index (χ2n) is 4.93. The zero-order chi connectivity index (χ0) is 15.0. The van der Waals surface area contributed by atoms with Crippen molar-refractivity contribution in [2.24, 2.45) is 0 Å². The number of ketones is 1. The zero-order valence-electron chi connectivity index (χ0n) is 11.4. The zero-order valence-corrected chi connectivity index (χ0v) is 13.7. The van der Waals surface area contributed by atoms with Gasteiger partial charge in [0.05, 0.1) is 5.02 Å². The van der Waals surface area contributed by atoms with Crippen molar-refractivity contribution in [1.82, 2.24) is 0 Å². The first kappa shape index (κ1) is 14.3. The van der Waals surface area contributed by atoms with Gasteiger partial charge in [-0.3, -0.25) is 4.79 Å². The lowest BCUT2D eigenvalue weighted by Crippen LogP contribution is -2.02. The van der Waals surface area contributed by atoms with Crippen molar-refractivity contribution >= 4 is 44.1 Å². The van der Waals surface area contributed by atoms with E-state index in [1.807, 2.05) is 43.3 Å². The van der Waals surface area contributed by atoms with Gasteiger partial charge in [0.2, 0.25) is 0 Å². The van der Waals surface area contributed by atoms with E-state index in [4.69, 9.17) is 11.6 Å². The summed E-state index contributed by atoms with van der Waals surface area (Å²) in [6.45, 7) is 2.05. The average Bonchev–Trinajstić information content (AvgIpc) is 2.50. The summed E-state index contributed by atoms with van der Waals surface area (Å²) >= 11 is 9.43. The van der Waals surface area contributed by atoms with E-state index in [0.717, 1.165) is 20.8 Å². The van der Waals surface area contributed by atoms with Gasteiger partial charge in [-0.2, -0.15) is 0 Å². The summed E-state index contributed by atoms with van der Waals surface area (Å²) in [4.78, 5) is 12.8. The lowest BCUT2D eigenvalue weighted by molar-refractivity contribution is 0.104. The highest BCUT2D eigenvalue weighted by Gasteiger charge is 2.14. The Labute approximate surface area is 136 Å². The Hall–Kier alpha value is -1.64. The molecule has 0 atom stereocenters. The van der Waals surface area contributed by atoms with E-state index in [0.29, 0.717) is 16.1 Å². The molecule has 3 heteroatoms. The highest BCUT2D eigenvalue weighted by Crippen LogP contribution is 2.27. The van der Waals surface area contributed by atoms with Crippen LogP contribution < -0.4 is 0 Å². The molecule has 0 radical (unpaired) electrons. The molecule has 0 N–H and O–H groups in total. The maximum absolute atomic E-state index is 12.8. The van der Waals surface area contributed by atoms with E-state index in [1.54, 1.807) is 18.2 Å². The molecular formula is C18H12BrClO. The first-order valence-electron chi connectivity index (χ1n) is 6.56. The van der Waals surface area contributed by atoms with Crippen LogP contribution in [0.3, 0.4) is 0 Å². The second-order valence-corrected chi connectivity index (χ2v) is 6.20. The number of fused-ring (bicyclic) bond motifs is 1. The van der Waals surface area contributed by atoms with Crippen LogP contribution in [0.5, 0.6) is 0 Å². The Kier molecular flexibility index (Phi) is 3.83. The van der Waals surface area contributed by atoms with Gasteiger partial charge in [-0.25, -0.2) is 0 Å². The van der Waals surface area contributed by atoms with E-state index in [1.165, 1.54) is 0 Å². The quantitative estimate of drug-likeness (QED) is 0.529. The third kappa shape index (κ3) is 2.61. The van der Waals surface area contributed by atoms with Gasteiger partial charge < -0.3 is 0 Å². The Morgan fingerprint density at radius 1 is 1.00 bits per heavy atom. The summed E-state index contributed by atoms with van der Waals surface area (Å²) < 4.78 is 0.787. The molecule has 0 aliphatic carbocycles. The summed E-state index contributed by atoms with van der Waals surface area (Å²) in [7, 11) is 0. The molecule has 0 fully saturated rings. The normalized spacial score (nSPS) is 10.8. The molecule has 0 saturated heterocycles. The van der Waals surface area contributed by atoms with Crippen molar-refractivity contribution in [2.75, 3.05) is 0 Å². The smallest absolute Gasteiger partial charge is 0.193 e. The van der Waals surface area contributed by atoms with Crippen LogP contribution in [-0.4, -0.2) is 5.78 Å². The number of hydrogen-bond donors (Lipinski definition) is 0. The molecule has 0 amide bonds. The maximum Gasteiger partial charge on any atom is 0.193 e. The summed E-state index contributed by atoms with van der Waals surface area (Å²) in [6, 6.07) is 17.1. The van der Waals surface area contributed by atoms with Crippen LogP contribution in [0.25, 0.3) is 10.8 Å². The molecule has 21 heavy (non-hydrogen) atoms. The van der Waals surface area contributed by atoms with E-state index in [2.05, 4.69) is 15.9 Å². The topological polar surface area (TPSA) is 17.1 Å². The van der Waals surface area contributed by atoms with Gasteiger partial charge in [-0.05, 0) is 57.4 Å². The maximum atomic E-state index is 12.8. The Balaban J connectivity index is 2.18. The van der Waals surface area contributed by atoms with Gasteiger partial charge in [-0.1, -0.05) is 48.0 Å². The summed E-state index contributed by atoms with van der Waals surface area (Å²) in [5.74, 6) is -0.0133. The molecular weight excluding hydrogens is 348 g/mol. The monoisotopic (exact) mass is 358 g/mol. The van der Waals surface area contributed by atoms with Crippen LogP contribution in [0.4, 0.5) is 0 Å². The molecule has 0 aliphatic rings. The van der Waals surface area contributed by atoms with Crippen molar-refractivity contribution in [2.45, 2.75) is 6.92 Å². The molecule has 3 aromatic rings. The van der Waals surface area contributed by atoms with Crippen LogP contribution >= 0.6 is 27.5 Å². The third-order valence-corrected chi connectivity index (χ3v) is 4.80. The van der Waals surface area contributed by atoms with Crippen molar-refractivity contribution in [3.63, 3.8) is 0 Å². The van der Waals surface area contributed by atoms with Crippen molar-refractivity contribution in [1.29, 1.82) is 0 Å². The molecule has 0 unspecified atom stereocenters. The first-order chi connectivity index (χ1) is 10.1. The average molecular weight is 360 g/mol. The van der Waals surface area contributed by atoms with Crippen molar-refractivity contribution in [3.05, 3.63) is 80.8 Å². The second kappa shape index (κ2) is 5.63. The summed E-state index contributed by atoms with van der Waals surface area (Å²) in [6.07, 6.45) is 0. The van der Waals surface area contributed by atoms with Gasteiger partial charge in [0.15, 0.2) is 5.78 Å². The molecule has 0 aliphatic heterocycles. The molecule has 104 valence electrons. The van der Waals surface area contributed by atoms with Crippen LogP contribution in [0.2, 0.25) is 5.02 Å². The first-order valence-corrected chi connectivity index (χ1v) is 7.73. The van der Waals surface area contributed by atoms with Crippen LogP contribution in [0.1, 0.15) is 21.5 Å². The molecule has 0 saturated carbocycles. The minimum atomic E-state index is -0.0133. The fourth-order valence-corrected chi connectivity index (χ4v) is 2.87. The van der Waals surface area contributed by atoms with Gasteiger partial charge in [-0.15, -0.1) is 0 Å². The molecule has 0 heterocycles. The number of carbonyl (C=O) groups excluding carboxylic acids is 1. The number of carbonyl (C=O) groups is 1. The van der Waals surface area contributed by atoms with E-state index in [9.17, 15) is 4.79 Å². The number of halogens is 2. The largest absolute Gasteiger partial charge is 0.289 e. The lowest BCUT2D eigenvalue weighted by atomic mass is 9.95. The standard InChI is InChI=1S/C18H12BrClO/c1-11-6-8-15(14-5-3-2-4-13(11)14)18(21)12-7-9-16(19)17(20)10-12/h2-10H,1H3. The SMILES string of the molecule is Cc1ccc(C(=O)c2ccc(Br)c(Cl)c2)c2ccccc12. The highest BCUT2D eigenvalue weighted by atomic mass is 79.9. The van der Waals surface area contributed by atoms with Gasteiger partial charge >= 0.3 is 0 Å². The fourth-order valence-electron chi connectivity index (χ4n) is 2.44. The number of hydrogen-bond acceptors (Lipinski definition) is 1. The predicted octanol–water partition coefficient (Wildman–Crippen LogP) is 5.80. The molecule has 0 spiro atoms. The predicted molar refractivity (Wildman–Crippen MR) is 91.3 cm³/mol. The summed E-state index contributed by atoms with van der Waals surface area (Å²) in [5, 5.41) is 2.62. The molecule has 1 nitrogen and oxygen atoms in total. The van der Waals surface area contributed by atoms with Gasteiger partial charge in [0, 0.05) is 15.6 Å². The van der Waals surface area contributed by atoms with Gasteiger partial charge in [0.1, 0.15) is 0 Å². The van der Waals surface area contributed by atoms with Crippen molar-refractivity contribution < 1.29 is 4.79 Å². The molecule has 3 aromatic carbocycles. The third-order valence-electron chi connectivity index (χ3n) is 3.57. The van der Waals surface area contributed by atoms with Crippen LogP contribution in [0.15, 0.2) is 59.1 Å². The Morgan fingerprint density at radius 2 is 1.71 bits per heavy atom. The van der Waals surface area contributed by atoms with Crippen molar-refractivity contribution in [3.8, 4) is 0 Å². The number of benzene rings is 3. The minimum Gasteiger partial charge on any atom is -0.289 e. The summed E-state index contributed by atoms with van der Waals surface area (Å²) in [5.41, 5.74) is 2.46. The molecule has 3 rings (SSSR count). The van der Waals surface area contributed by atoms with E-state index >= 15 is 0 Å². The lowest BCUT2D eigenvalue weighted by Gasteiger charge is -2.09. The molecule has 0 aromatic heterocycles. The van der Waals surface area contributed by atoms with Crippen LogP contribution in [0, 0.1) is 6.92 Å². The van der Waals surface area contributed by atoms with Gasteiger partial charge in [0.25, 0.3) is 0 Å². The molecule has 0 bridgehead atoms. The minimum absolute atomic E-state index is 0.0133. The number of rotatable bonds is 2. The van der Waals surface area contributed by atoms with E-state index < -0.39 is 0 Å². The van der Waals surface area contributed by atoms with E-state index in [-0.39, 0.29) is 5.78 Å². The Morgan fingerprint density at radius 3 is 2.43 bits per heavy atom.